The lowest BCUT2D eigenvalue weighted by molar-refractivity contribution is -0.140. The van der Waals surface area contributed by atoms with Gasteiger partial charge in [0.05, 0.1) is 11.4 Å². The molecule has 1 N–H and O–H groups in total. The number of fused-ring (bicyclic) bond motifs is 1. The van der Waals surface area contributed by atoms with Crippen LogP contribution in [0.5, 0.6) is 11.5 Å². The summed E-state index contributed by atoms with van der Waals surface area (Å²) < 4.78 is 39.1. The minimum Gasteiger partial charge on any atom is -0.486 e. The highest BCUT2D eigenvalue weighted by atomic mass is 32.2. The molecule has 3 aromatic carbocycles. The number of hydrogen-bond donors (Lipinski definition) is 1. The zero-order valence-electron chi connectivity index (χ0n) is 24.6. The molecular formula is C32H39N3O6S. The largest absolute Gasteiger partial charge is 0.486 e. The van der Waals surface area contributed by atoms with Crippen LogP contribution in [0.4, 0.5) is 5.69 Å². The second-order valence-electron chi connectivity index (χ2n) is 10.6. The molecule has 0 saturated heterocycles. The number of anilines is 1. The molecule has 0 bridgehead atoms. The molecule has 4 rings (SSSR count). The Morgan fingerprint density at radius 3 is 2.21 bits per heavy atom. The topological polar surface area (TPSA) is 105 Å². The lowest BCUT2D eigenvalue weighted by Gasteiger charge is -2.34. The molecule has 0 spiro atoms. The minimum atomic E-state index is -3.88. The first-order valence-electron chi connectivity index (χ1n) is 14.2. The Hall–Kier alpha value is -4.05. The normalized spacial score (nSPS) is 13.4. The first-order valence-corrected chi connectivity index (χ1v) is 15.8. The zero-order valence-corrected chi connectivity index (χ0v) is 25.4. The number of hydrogen-bond acceptors (Lipinski definition) is 6. The maximum absolute atomic E-state index is 14.3. The van der Waals surface area contributed by atoms with Gasteiger partial charge in [0, 0.05) is 25.1 Å². The number of nitrogens with zero attached hydrogens (tertiary/aromatic N) is 2. The van der Waals surface area contributed by atoms with Crippen molar-refractivity contribution in [2.75, 3.05) is 29.8 Å². The highest BCUT2D eigenvalue weighted by molar-refractivity contribution is 7.92. The van der Waals surface area contributed by atoms with Crippen molar-refractivity contribution in [1.82, 2.24) is 10.2 Å². The van der Waals surface area contributed by atoms with Gasteiger partial charge < -0.3 is 19.7 Å². The summed E-state index contributed by atoms with van der Waals surface area (Å²) >= 11 is 0. The molecule has 3 aromatic rings. The van der Waals surface area contributed by atoms with Gasteiger partial charge in [0.15, 0.2) is 11.5 Å². The fourth-order valence-electron chi connectivity index (χ4n) is 4.73. The first-order chi connectivity index (χ1) is 20.1. The Labute approximate surface area is 248 Å². The highest BCUT2D eigenvalue weighted by Gasteiger charge is 2.34. The molecule has 0 radical (unpaired) electrons. The Bertz CT molecular complexity index is 1480. The molecule has 0 saturated carbocycles. The van der Waals surface area contributed by atoms with Crippen LogP contribution in [-0.2, 0) is 32.6 Å². The molecule has 1 aliphatic heterocycles. The van der Waals surface area contributed by atoms with E-state index >= 15 is 0 Å². The van der Waals surface area contributed by atoms with Crippen LogP contribution in [0.3, 0.4) is 0 Å². The highest BCUT2D eigenvalue weighted by Crippen LogP contribution is 2.35. The number of amides is 2. The lowest BCUT2D eigenvalue weighted by Crippen LogP contribution is -2.54. The van der Waals surface area contributed by atoms with Crippen molar-refractivity contribution < 1.29 is 27.5 Å². The molecule has 1 heterocycles. The van der Waals surface area contributed by atoms with Crippen molar-refractivity contribution >= 4 is 27.5 Å². The SMILES string of the molecule is CCS(=O)(=O)N(CC(=O)N(Cc1ccc(C)cc1)[C@@H](Cc1ccccc1)C(=O)NC(C)C)c1ccc2c(c1)OCCO2. The summed E-state index contributed by atoms with van der Waals surface area (Å²) in [4.78, 5) is 29.4. The van der Waals surface area contributed by atoms with E-state index in [0.717, 1.165) is 21.0 Å². The van der Waals surface area contributed by atoms with Crippen LogP contribution in [0.25, 0.3) is 0 Å². The number of carbonyl (C=O) groups is 2. The second kappa shape index (κ2) is 13.7. The van der Waals surface area contributed by atoms with Gasteiger partial charge in [-0.25, -0.2) is 8.42 Å². The Balaban J connectivity index is 1.74. The van der Waals surface area contributed by atoms with Crippen molar-refractivity contribution in [3.05, 3.63) is 89.5 Å². The third-order valence-electron chi connectivity index (χ3n) is 6.97. The van der Waals surface area contributed by atoms with E-state index in [2.05, 4.69) is 5.32 Å². The van der Waals surface area contributed by atoms with Gasteiger partial charge in [0.1, 0.15) is 25.8 Å². The molecule has 0 aliphatic carbocycles. The van der Waals surface area contributed by atoms with Gasteiger partial charge in [-0.05, 0) is 51.0 Å². The third kappa shape index (κ3) is 7.82. The summed E-state index contributed by atoms with van der Waals surface area (Å²) in [5.74, 6) is -0.0915. The monoisotopic (exact) mass is 593 g/mol. The summed E-state index contributed by atoms with van der Waals surface area (Å²) in [5.41, 5.74) is 3.06. The number of carbonyl (C=O) groups excluding carboxylic acids is 2. The number of aryl methyl sites for hydroxylation is 1. The van der Waals surface area contributed by atoms with Gasteiger partial charge in [0.2, 0.25) is 21.8 Å². The summed E-state index contributed by atoms with van der Waals surface area (Å²) in [6, 6.07) is 21.0. The van der Waals surface area contributed by atoms with Crippen molar-refractivity contribution in [3.63, 3.8) is 0 Å². The molecular weight excluding hydrogens is 554 g/mol. The number of benzene rings is 3. The smallest absolute Gasteiger partial charge is 0.244 e. The van der Waals surface area contributed by atoms with Gasteiger partial charge in [-0.2, -0.15) is 0 Å². The van der Waals surface area contributed by atoms with Gasteiger partial charge in [0.25, 0.3) is 0 Å². The van der Waals surface area contributed by atoms with Crippen LogP contribution in [0.1, 0.15) is 37.5 Å². The van der Waals surface area contributed by atoms with Crippen LogP contribution in [0.15, 0.2) is 72.8 Å². The fourth-order valence-corrected chi connectivity index (χ4v) is 5.79. The van der Waals surface area contributed by atoms with E-state index in [1.165, 1.54) is 11.8 Å². The van der Waals surface area contributed by atoms with E-state index in [0.29, 0.717) is 24.7 Å². The van der Waals surface area contributed by atoms with E-state index in [1.807, 2.05) is 75.4 Å². The van der Waals surface area contributed by atoms with E-state index in [4.69, 9.17) is 9.47 Å². The molecule has 1 aliphatic rings. The summed E-state index contributed by atoms with van der Waals surface area (Å²) in [5, 5.41) is 2.96. The van der Waals surface area contributed by atoms with E-state index < -0.39 is 28.5 Å². The summed E-state index contributed by atoms with van der Waals surface area (Å²) in [6.07, 6.45) is 0.265. The lowest BCUT2D eigenvalue weighted by atomic mass is 10.0. The van der Waals surface area contributed by atoms with E-state index in [9.17, 15) is 18.0 Å². The van der Waals surface area contributed by atoms with Crippen LogP contribution in [-0.4, -0.2) is 62.7 Å². The molecule has 42 heavy (non-hydrogen) atoms. The molecule has 0 fully saturated rings. The maximum Gasteiger partial charge on any atom is 0.244 e. The molecule has 0 unspecified atom stereocenters. The van der Waals surface area contributed by atoms with Crippen LogP contribution >= 0.6 is 0 Å². The Kier molecular flexibility index (Phi) is 10.1. The molecule has 224 valence electrons. The summed E-state index contributed by atoms with van der Waals surface area (Å²) in [7, 11) is -3.88. The van der Waals surface area contributed by atoms with E-state index in [-0.39, 0.29) is 36.4 Å². The van der Waals surface area contributed by atoms with Gasteiger partial charge >= 0.3 is 0 Å². The zero-order chi connectivity index (χ0) is 30.3. The number of nitrogens with one attached hydrogen (secondary N) is 1. The quantitative estimate of drug-likeness (QED) is 0.339. The Morgan fingerprint density at radius 1 is 0.905 bits per heavy atom. The van der Waals surface area contributed by atoms with E-state index in [1.54, 1.807) is 18.2 Å². The second-order valence-corrected chi connectivity index (χ2v) is 12.8. The Morgan fingerprint density at radius 2 is 1.57 bits per heavy atom. The predicted molar refractivity (Wildman–Crippen MR) is 163 cm³/mol. The fraction of sp³-hybridized carbons (Fsp3) is 0.375. The maximum atomic E-state index is 14.3. The summed E-state index contributed by atoms with van der Waals surface area (Å²) in [6.45, 7) is 7.61. The molecule has 10 heteroatoms. The minimum absolute atomic E-state index is 0.128. The predicted octanol–water partition coefficient (Wildman–Crippen LogP) is 4.09. The molecule has 1 atom stereocenters. The average Bonchev–Trinajstić information content (AvgIpc) is 2.98. The van der Waals surface area contributed by atoms with Crippen LogP contribution in [0, 0.1) is 6.92 Å². The number of rotatable bonds is 12. The molecule has 2 amide bonds. The third-order valence-corrected chi connectivity index (χ3v) is 8.71. The standard InChI is InChI=1S/C32H39N3O6S/c1-5-42(38,39)35(27-15-16-29-30(20-27)41-18-17-40-29)22-31(36)34(21-26-13-11-24(4)12-14-26)28(32(37)33-23(2)3)19-25-9-7-6-8-10-25/h6-16,20,23,28H,5,17-19,21-22H2,1-4H3,(H,33,37)/t28-/m0/s1. The molecule has 9 nitrogen and oxygen atoms in total. The van der Waals surface area contributed by atoms with Crippen molar-refractivity contribution in [2.24, 2.45) is 0 Å². The van der Waals surface area contributed by atoms with Gasteiger partial charge in [-0.15, -0.1) is 0 Å². The van der Waals surface area contributed by atoms with Crippen molar-refractivity contribution in [2.45, 2.75) is 52.7 Å². The van der Waals surface area contributed by atoms with Crippen molar-refractivity contribution in [3.8, 4) is 11.5 Å². The average molecular weight is 594 g/mol. The number of sulfonamides is 1. The molecule has 0 aromatic heterocycles. The number of ether oxygens (including phenoxy) is 2. The van der Waals surface area contributed by atoms with Crippen LogP contribution < -0.4 is 19.1 Å². The van der Waals surface area contributed by atoms with Crippen LogP contribution in [0.2, 0.25) is 0 Å². The first kappa shape index (κ1) is 30.9. The van der Waals surface area contributed by atoms with Gasteiger partial charge in [-0.3, -0.25) is 13.9 Å². The van der Waals surface area contributed by atoms with Crippen molar-refractivity contribution in [1.29, 1.82) is 0 Å². The van der Waals surface area contributed by atoms with Gasteiger partial charge in [-0.1, -0.05) is 60.2 Å².